The first-order valence-corrected chi connectivity index (χ1v) is 5.88. The lowest BCUT2D eigenvalue weighted by Gasteiger charge is -2.09. The summed E-state index contributed by atoms with van der Waals surface area (Å²) in [6.07, 6.45) is 0.813. The Bertz CT molecular complexity index is 429. The number of hydrogen-bond acceptors (Lipinski definition) is 4. The Morgan fingerprint density at radius 3 is 2.71 bits per heavy atom. The van der Waals surface area contributed by atoms with Gasteiger partial charge in [0.05, 0.1) is 20.1 Å². The predicted molar refractivity (Wildman–Crippen MR) is 66.4 cm³/mol. The molecule has 0 spiro atoms. The van der Waals surface area contributed by atoms with Gasteiger partial charge in [0.25, 0.3) is 0 Å². The van der Waals surface area contributed by atoms with Crippen LogP contribution in [0.25, 0.3) is 0 Å². The quantitative estimate of drug-likeness (QED) is 0.619. The van der Waals surface area contributed by atoms with E-state index >= 15 is 0 Å². The normalized spacial score (nSPS) is 9.82. The summed E-state index contributed by atoms with van der Waals surface area (Å²) >= 11 is 3.29. The number of benzene rings is 1. The molecule has 0 heterocycles. The van der Waals surface area contributed by atoms with Gasteiger partial charge in [0.2, 0.25) is 0 Å². The first kappa shape index (κ1) is 13.7. The van der Waals surface area contributed by atoms with Gasteiger partial charge < -0.3 is 9.47 Å². The minimum atomic E-state index is -0.335. The molecule has 0 bridgehead atoms. The Morgan fingerprint density at radius 2 is 2.18 bits per heavy atom. The van der Waals surface area contributed by atoms with Crippen LogP contribution in [0.3, 0.4) is 0 Å². The van der Waals surface area contributed by atoms with Crippen LogP contribution in [-0.2, 0) is 16.0 Å². The topological polar surface area (TPSA) is 52.6 Å². The van der Waals surface area contributed by atoms with Crippen molar-refractivity contribution < 1.29 is 19.1 Å². The van der Waals surface area contributed by atoms with Crippen LogP contribution in [0.1, 0.15) is 22.8 Å². The summed E-state index contributed by atoms with van der Waals surface area (Å²) in [7, 11) is 1.51. The molecule has 0 aromatic heterocycles. The van der Waals surface area contributed by atoms with Crippen LogP contribution in [0.5, 0.6) is 5.75 Å². The second-order valence-electron chi connectivity index (χ2n) is 3.29. The van der Waals surface area contributed by atoms with E-state index in [-0.39, 0.29) is 12.4 Å². The number of carbonyl (C=O) groups excluding carboxylic acids is 2. The number of ether oxygens (including phenoxy) is 2. The van der Waals surface area contributed by atoms with Gasteiger partial charge in [-0.05, 0) is 40.5 Å². The highest BCUT2D eigenvalue weighted by Gasteiger charge is 2.12. The minimum Gasteiger partial charge on any atom is -0.497 e. The fraction of sp³-hybridized carbons (Fsp3) is 0.333. The monoisotopic (exact) mass is 300 g/mol. The SMILES string of the molecule is CCOC(=O)Cc1cc(OC)cc(C=O)c1Br. The maximum atomic E-state index is 11.4. The number of carbonyl (C=O) groups is 2. The molecule has 0 saturated carbocycles. The van der Waals surface area contributed by atoms with Crippen molar-refractivity contribution in [3.8, 4) is 5.75 Å². The minimum absolute atomic E-state index is 0.104. The second kappa shape index (κ2) is 6.39. The Hall–Kier alpha value is -1.36. The molecule has 0 amide bonds. The number of halogens is 1. The fourth-order valence-electron chi connectivity index (χ4n) is 1.38. The molecule has 0 aliphatic rings. The van der Waals surface area contributed by atoms with Crippen LogP contribution in [0, 0.1) is 0 Å². The van der Waals surface area contributed by atoms with Gasteiger partial charge in [0, 0.05) is 10.0 Å². The van der Waals surface area contributed by atoms with Gasteiger partial charge in [-0.1, -0.05) is 0 Å². The largest absolute Gasteiger partial charge is 0.497 e. The first-order chi connectivity index (χ1) is 8.12. The van der Waals surface area contributed by atoms with Gasteiger partial charge in [-0.25, -0.2) is 0 Å². The third kappa shape index (κ3) is 3.56. The first-order valence-electron chi connectivity index (χ1n) is 5.09. The molecule has 4 nitrogen and oxygen atoms in total. The van der Waals surface area contributed by atoms with E-state index in [4.69, 9.17) is 9.47 Å². The zero-order valence-electron chi connectivity index (χ0n) is 9.66. The molecular weight excluding hydrogens is 288 g/mol. The van der Waals surface area contributed by atoms with Crippen molar-refractivity contribution in [2.45, 2.75) is 13.3 Å². The van der Waals surface area contributed by atoms with E-state index in [1.165, 1.54) is 7.11 Å². The van der Waals surface area contributed by atoms with E-state index in [9.17, 15) is 9.59 Å². The summed E-state index contributed by atoms with van der Waals surface area (Å²) in [6.45, 7) is 2.08. The third-order valence-corrected chi connectivity index (χ3v) is 3.12. The zero-order valence-corrected chi connectivity index (χ0v) is 11.2. The van der Waals surface area contributed by atoms with Gasteiger partial charge in [0.1, 0.15) is 5.75 Å². The van der Waals surface area contributed by atoms with Crippen molar-refractivity contribution in [1.82, 2.24) is 0 Å². The molecule has 0 atom stereocenters. The summed E-state index contributed by atoms with van der Waals surface area (Å²) in [5.41, 5.74) is 1.12. The van der Waals surface area contributed by atoms with Gasteiger partial charge in [-0.2, -0.15) is 0 Å². The van der Waals surface area contributed by atoms with Crippen LogP contribution < -0.4 is 4.74 Å². The van der Waals surface area contributed by atoms with Crippen molar-refractivity contribution in [3.05, 3.63) is 27.7 Å². The lowest BCUT2D eigenvalue weighted by Crippen LogP contribution is -2.08. The summed E-state index contributed by atoms with van der Waals surface area (Å²) in [6, 6.07) is 3.31. The number of methoxy groups -OCH3 is 1. The van der Waals surface area contributed by atoms with E-state index in [1.807, 2.05) is 0 Å². The number of hydrogen-bond donors (Lipinski definition) is 0. The molecule has 0 saturated heterocycles. The summed E-state index contributed by atoms with van der Waals surface area (Å²) in [4.78, 5) is 22.2. The smallest absolute Gasteiger partial charge is 0.310 e. The summed E-state index contributed by atoms with van der Waals surface area (Å²) in [5, 5.41) is 0. The molecular formula is C12H13BrO4. The maximum Gasteiger partial charge on any atom is 0.310 e. The Morgan fingerprint density at radius 1 is 1.47 bits per heavy atom. The second-order valence-corrected chi connectivity index (χ2v) is 4.08. The van der Waals surface area contributed by atoms with Crippen LogP contribution in [0.4, 0.5) is 0 Å². The van der Waals surface area contributed by atoms with E-state index < -0.39 is 0 Å². The lowest BCUT2D eigenvalue weighted by molar-refractivity contribution is -0.142. The van der Waals surface area contributed by atoms with E-state index in [0.717, 1.165) is 0 Å². The highest BCUT2D eigenvalue weighted by atomic mass is 79.9. The van der Waals surface area contributed by atoms with E-state index in [0.29, 0.717) is 34.2 Å². The Kier molecular flexibility index (Phi) is 5.15. The molecule has 1 aromatic rings. The summed E-state index contributed by atoms with van der Waals surface area (Å²) in [5.74, 6) is 0.202. The zero-order chi connectivity index (χ0) is 12.8. The summed E-state index contributed by atoms with van der Waals surface area (Å²) < 4.78 is 10.5. The van der Waals surface area contributed by atoms with Crippen LogP contribution in [-0.4, -0.2) is 26.0 Å². The van der Waals surface area contributed by atoms with Gasteiger partial charge in [0.15, 0.2) is 6.29 Å². The molecule has 0 aliphatic heterocycles. The molecule has 0 aliphatic carbocycles. The Balaban J connectivity index is 3.04. The van der Waals surface area contributed by atoms with Gasteiger partial charge in [-0.15, -0.1) is 0 Å². The lowest BCUT2D eigenvalue weighted by atomic mass is 10.1. The average molecular weight is 301 g/mol. The number of rotatable bonds is 5. The average Bonchev–Trinajstić information content (AvgIpc) is 2.32. The van der Waals surface area contributed by atoms with Crippen molar-refractivity contribution in [3.63, 3.8) is 0 Å². The van der Waals surface area contributed by atoms with Crippen LogP contribution in [0.15, 0.2) is 16.6 Å². The molecule has 0 unspecified atom stereocenters. The molecule has 92 valence electrons. The predicted octanol–water partition coefficient (Wildman–Crippen LogP) is 2.38. The van der Waals surface area contributed by atoms with E-state index in [1.54, 1.807) is 19.1 Å². The number of aldehydes is 1. The highest BCUT2D eigenvalue weighted by Crippen LogP contribution is 2.27. The Labute approximate surface area is 108 Å². The third-order valence-electron chi connectivity index (χ3n) is 2.15. The van der Waals surface area contributed by atoms with Crippen molar-refractivity contribution in [1.29, 1.82) is 0 Å². The molecule has 5 heteroatoms. The van der Waals surface area contributed by atoms with Crippen molar-refractivity contribution in [2.24, 2.45) is 0 Å². The van der Waals surface area contributed by atoms with Crippen molar-refractivity contribution >= 4 is 28.2 Å². The molecule has 17 heavy (non-hydrogen) atoms. The standard InChI is InChI=1S/C12H13BrO4/c1-3-17-11(15)6-8-4-10(16-2)5-9(7-14)12(8)13/h4-5,7H,3,6H2,1-2H3. The molecule has 0 N–H and O–H groups in total. The molecule has 1 rings (SSSR count). The molecule has 0 radical (unpaired) electrons. The van der Waals surface area contributed by atoms with Gasteiger partial charge >= 0.3 is 5.97 Å². The molecule has 1 aromatic carbocycles. The molecule has 0 fully saturated rings. The fourth-order valence-corrected chi connectivity index (χ4v) is 1.84. The maximum absolute atomic E-state index is 11.4. The van der Waals surface area contributed by atoms with Crippen LogP contribution >= 0.6 is 15.9 Å². The van der Waals surface area contributed by atoms with E-state index in [2.05, 4.69) is 15.9 Å². The van der Waals surface area contributed by atoms with Crippen LogP contribution in [0.2, 0.25) is 0 Å². The van der Waals surface area contributed by atoms with Gasteiger partial charge in [-0.3, -0.25) is 9.59 Å². The van der Waals surface area contributed by atoms with Crippen molar-refractivity contribution in [2.75, 3.05) is 13.7 Å². The highest BCUT2D eigenvalue weighted by molar-refractivity contribution is 9.10. The number of esters is 1.